The summed E-state index contributed by atoms with van der Waals surface area (Å²) < 4.78 is 11.0. The van der Waals surface area contributed by atoms with Gasteiger partial charge >= 0.3 is 0 Å². The second-order valence-electron chi connectivity index (χ2n) is 6.99. The van der Waals surface area contributed by atoms with Crippen molar-refractivity contribution in [2.24, 2.45) is 0 Å². The van der Waals surface area contributed by atoms with Gasteiger partial charge in [-0.25, -0.2) is 0 Å². The SMILES string of the molecule is COc1ccc(NC(=O)C(Sc2nnc(-c3cccc(C)c3)o2)c2ccccc2)cc1Cl. The van der Waals surface area contributed by atoms with Gasteiger partial charge in [0.25, 0.3) is 5.22 Å². The minimum Gasteiger partial charge on any atom is -0.495 e. The number of hydrogen-bond acceptors (Lipinski definition) is 6. The summed E-state index contributed by atoms with van der Waals surface area (Å²) in [6.45, 7) is 2.00. The number of anilines is 1. The van der Waals surface area contributed by atoms with E-state index in [-0.39, 0.29) is 5.91 Å². The van der Waals surface area contributed by atoms with E-state index in [0.29, 0.717) is 27.6 Å². The van der Waals surface area contributed by atoms with Gasteiger partial charge in [-0.15, -0.1) is 10.2 Å². The summed E-state index contributed by atoms with van der Waals surface area (Å²) in [7, 11) is 1.54. The van der Waals surface area contributed by atoms with Crippen LogP contribution in [0, 0.1) is 6.92 Å². The van der Waals surface area contributed by atoms with Crippen molar-refractivity contribution in [2.45, 2.75) is 17.4 Å². The van der Waals surface area contributed by atoms with E-state index in [4.69, 9.17) is 20.8 Å². The third-order valence-electron chi connectivity index (χ3n) is 4.65. The van der Waals surface area contributed by atoms with Crippen LogP contribution in [-0.2, 0) is 4.79 Å². The van der Waals surface area contributed by atoms with Crippen LogP contribution in [0.3, 0.4) is 0 Å². The van der Waals surface area contributed by atoms with Crippen LogP contribution < -0.4 is 10.1 Å². The lowest BCUT2D eigenvalue weighted by Gasteiger charge is -2.15. The van der Waals surface area contributed by atoms with Gasteiger partial charge < -0.3 is 14.5 Å². The molecule has 8 heteroatoms. The number of nitrogens with zero attached hydrogens (tertiary/aromatic N) is 2. The number of rotatable bonds is 7. The lowest BCUT2D eigenvalue weighted by molar-refractivity contribution is -0.115. The molecule has 0 fully saturated rings. The molecule has 1 amide bonds. The molecule has 0 aliphatic rings. The Hall–Kier alpha value is -3.29. The van der Waals surface area contributed by atoms with Crippen LogP contribution in [-0.4, -0.2) is 23.2 Å². The predicted molar refractivity (Wildman–Crippen MR) is 126 cm³/mol. The molecule has 1 heterocycles. The molecule has 1 aromatic heterocycles. The number of benzene rings is 3. The Balaban J connectivity index is 1.58. The van der Waals surface area contributed by atoms with E-state index in [9.17, 15) is 4.79 Å². The third kappa shape index (κ3) is 5.12. The number of methoxy groups -OCH3 is 1. The van der Waals surface area contributed by atoms with E-state index in [2.05, 4.69) is 15.5 Å². The highest BCUT2D eigenvalue weighted by Gasteiger charge is 2.25. The fraction of sp³-hybridized carbons (Fsp3) is 0.125. The third-order valence-corrected chi connectivity index (χ3v) is 6.03. The van der Waals surface area contributed by atoms with E-state index in [1.54, 1.807) is 18.2 Å². The molecular weight excluding hydrogens is 446 g/mol. The minimum absolute atomic E-state index is 0.238. The number of ether oxygens (including phenoxy) is 1. The number of carbonyl (C=O) groups excluding carboxylic acids is 1. The highest BCUT2D eigenvalue weighted by Crippen LogP contribution is 2.37. The normalized spacial score (nSPS) is 11.7. The average molecular weight is 466 g/mol. The predicted octanol–water partition coefficient (Wildman–Crippen LogP) is 6.18. The van der Waals surface area contributed by atoms with Crippen molar-refractivity contribution in [3.8, 4) is 17.2 Å². The first kappa shape index (κ1) is 21.9. The molecule has 1 unspecified atom stereocenters. The first-order valence-electron chi connectivity index (χ1n) is 9.80. The van der Waals surface area contributed by atoms with Crippen LogP contribution in [0.5, 0.6) is 5.75 Å². The summed E-state index contributed by atoms with van der Waals surface area (Å²) in [5, 5.41) is 11.3. The first-order valence-corrected chi connectivity index (χ1v) is 11.1. The van der Waals surface area contributed by atoms with Gasteiger partial charge in [0.15, 0.2) is 0 Å². The van der Waals surface area contributed by atoms with Crippen molar-refractivity contribution in [1.29, 1.82) is 0 Å². The average Bonchev–Trinajstić information content (AvgIpc) is 3.27. The Morgan fingerprint density at radius 1 is 1.06 bits per heavy atom. The maximum absolute atomic E-state index is 13.2. The molecule has 0 spiro atoms. The molecule has 32 heavy (non-hydrogen) atoms. The molecule has 1 N–H and O–H groups in total. The van der Waals surface area contributed by atoms with Crippen LogP contribution >= 0.6 is 23.4 Å². The minimum atomic E-state index is -0.608. The van der Waals surface area contributed by atoms with Gasteiger partial charge in [-0.05, 0) is 54.6 Å². The highest BCUT2D eigenvalue weighted by molar-refractivity contribution is 8.00. The number of hydrogen-bond donors (Lipinski definition) is 1. The van der Waals surface area contributed by atoms with Crippen molar-refractivity contribution in [1.82, 2.24) is 10.2 Å². The van der Waals surface area contributed by atoms with E-state index in [0.717, 1.165) is 16.7 Å². The van der Waals surface area contributed by atoms with Gasteiger partial charge in [0.1, 0.15) is 11.0 Å². The largest absolute Gasteiger partial charge is 0.495 e. The maximum atomic E-state index is 13.2. The standard InChI is InChI=1S/C24H20ClN3O3S/c1-15-7-6-10-17(13-15)23-27-28-24(31-23)32-21(16-8-4-3-5-9-16)22(29)26-18-11-12-20(30-2)19(25)14-18/h3-14,21H,1-2H3,(H,26,29). The monoisotopic (exact) mass is 465 g/mol. The van der Waals surface area contributed by atoms with E-state index in [1.165, 1.54) is 18.9 Å². The molecule has 6 nitrogen and oxygen atoms in total. The lowest BCUT2D eigenvalue weighted by atomic mass is 10.1. The number of carbonyl (C=O) groups is 1. The van der Waals surface area contributed by atoms with Crippen molar-refractivity contribution in [3.63, 3.8) is 0 Å². The van der Waals surface area contributed by atoms with Crippen molar-refractivity contribution < 1.29 is 13.9 Å². The van der Waals surface area contributed by atoms with Gasteiger partial charge in [-0.2, -0.15) is 0 Å². The summed E-state index contributed by atoms with van der Waals surface area (Å²) in [5.41, 5.74) is 3.30. The molecule has 162 valence electrons. The molecular formula is C24H20ClN3O3S. The summed E-state index contributed by atoms with van der Waals surface area (Å²) in [4.78, 5) is 13.2. The Morgan fingerprint density at radius 3 is 2.59 bits per heavy atom. The Kier molecular flexibility index (Phi) is 6.78. The van der Waals surface area contributed by atoms with Gasteiger partial charge in [0.2, 0.25) is 11.8 Å². The summed E-state index contributed by atoms with van der Waals surface area (Å²) in [6, 6.07) is 22.3. The number of nitrogens with one attached hydrogen (secondary N) is 1. The zero-order valence-electron chi connectivity index (χ0n) is 17.4. The molecule has 4 rings (SSSR count). The first-order chi connectivity index (χ1) is 15.5. The zero-order chi connectivity index (χ0) is 22.5. The molecule has 0 bridgehead atoms. The number of aryl methyl sites for hydroxylation is 1. The summed E-state index contributed by atoms with van der Waals surface area (Å²) >= 11 is 7.39. The van der Waals surface area contributed by atoms with Crippen LogP contribution in [0.1, 0.15) is 16.4 Å². The molecule has 1 atom stereocenters. The van der Waals surface area contributed by atoms with Crippen molar-refractivity contribution in [3.05, 3.63) is 88.9 Å². The van der Waals surface area contributed by atoms with E-state index in [1.807, 2.05) is 61.5 Å². The highest BCUT2D eigenvalue weighted by atomic mass is 35.5. The van der Waals surface area contributed by atoms with Crippen LogP contribution in [0.2, 0.25) is 5.02 Å². The molecule has 0 aliphatic carbocycles. The summed E-state index contributed by atoms with van der Waals surface area (Å²) in [6.07, 6.45) is 0. The topological polar surface area (TPSA) is 77.2 Å². The number of halogens is 1. The van der Waals surface area contributed by atoms with Gasteiger partial charge in [0.05, 0.1) is 12.1 Å². The van der Waals surface area contributed by atoms with Crippen LogP contribution in [0.15, 0.2) is 82.4 Å². The smallest absolute Gasteiger partial charge is 0.277 e. The van der Waals surface area contributed by atoms with Crippen LogP contribution in [0.25, 0.3) is 11.5 Å². The molecule has 0 aliphatic heterocycles. The molecule has 3 aromatic carbocycles. The van der Waals surface area contributed by atoms with E-state index < -0.39 is 5.25 Å². The Bertz CT molecular complexity index is 1230. The zero-order valence-corrected chi connectivity index (χ0v) is 19.0. The van der Waals surface area contributed by atoms with Crippen molar-refractivity contribution >= 4 is 35.0 Å². The van der Waals surface area contributed by atoms with Gasteiger partial charge in [0, 0.05) is 11.3 Å². The maximum Gasteiger partial charge on any atom is 0.277 e. The van der Waals surface area contributed by atoms with Gasteiger partial charge in [-0.1, -0.05) is 59.6 Å². The molecule has 0 saturated heterocycles. The fourth-order valence-electron chi connectivity index (χ4n) is 3.11. The molecule has 0 saturated carbocycles. The fourth-order valence-corrected chi connectivity index (χ4v) is 4.24. The van der Waals surface area contributed by atoms with Gasteiger partial charge in [-0.3, -0.25) is 4.79 Å². The molecule has 4 aromatic rings. The number of aromatic nitrogens is 2. The molecule has 0 radical (unpaired) electrons. The Labute approximate surface area is 195 Å². The Morgan fingerprint density at radius 2 is 1.88 bits per heavy atom. The van der Waals surface area contributed by atoms with Crippen LogP contribution in [0.4, 0.5) is 5.69 Å². The quantitative estimate of drug-likeness (QED) is 0.328. The van der Waals surface area contributed by atoms with Crippen molar-refractivity contribution in [2.75, 3.05) is 12.4 Å². The second kappa shape index (κ2) is 9.89. The lowest BCUT2D eigenvalue weighted by Crippen LogP contribution is -2.19. The number of thioether (sulfide) groups is 1. The number of amides is 1. The van der Waals surface area contributed by atoms with E-state index >= 15 is 0 Å². The second-order valence-corrected chi connectivity index (χ2v) is 8.45. The summed E-state index contributed by atoms with van der Waals surface area (Å²) in [5.74, 6) is 0.705.